The summed E-state index contributed by atoms with van der Waals surface area (Å²) in [6.07, 6.45) is -3.39. The van der Waals surface area contributed by atoms with Crippen LogP contribution in [-0.2, 0) is 14.2 Å². The summed E-state index contributed by atoms with van der Waals surface area (Å²) in [5.74, 6) is 0.806. The van der Waals surface area contributed by atoms with Crippen molar-refractivity contribution in [2.45, 2.75) is 43.1 Å². The molecular formula is C15H20O5S. The normalized spacial score (nSPS) is 39.8. The lowest BCUT2D eigenvalue weighted by Crippen LogP contribution is -2.60. The molecule has 0 unspecified atom stereocenters. The summed E-state index contributed by atoms with van der Waals surface area (Å²) >= 11 is 1.47. The number of aliphatic hydroxyl groups excluding tert-OH is 2. The number of hydrogen-bond donors (Lipinski definition) is 2. The van der Waals surface area contributed by atoms with Crippen LogP contribution in [0.1, 0.15) is 18.8 Å². The van der Waals surface area contributed by atoms with Gasteiger partial charge in [-0.2, -0.15) is 0 Å². The summed E-state index contributed by atoms with van der Waals surface area (Å²) < 4.78 is 17.3. The van der Waals surface area contributed by atoms with Crippen LogP contribution in [0.4, 0.5) is 0 Å². The molecule has 0 spiro atoms. The molecule has 3 rings (SSSR count). The first kappa shape index (κ1) is 15.3. The van der Waals surface area contributed by atoms with Crippen molar-refractivity contribution in [1.82, 2.24) is 0 Å². The van der Waals surface area contributed by atoms with Crippen molar-refractivity contribution in [1.29, 1.82) is 0 Å². The molecule has 2 aliphatic rings. The van der Waals surface area contributed by atoms with Crippen molar-refractivity contribution in [2.75, 3.05) is 12.4 Å². The molecule has 116 valence electrons. The molecule has 1 aromatic rings. The molecule has 6 heteroatoms. The van der Waals surface area contributed by atoms with Crippen LogP contribution in [0.3, 0.4) is 0 Å². The third-order valence-electron chi connectivity index (χ3n) is 3.74. The van der Waals surface area contributed by atoms with Gasteiger partial charge in [0.1, 0.15) is 29.9 Å². The smallest absolute Gasteiger partial charge is 0.184 e. The van der Waals surface area contributed by atoms with Gasteiger partial charge in [-0.3, -0.25) is 0 Å². The van der Waals surface area contributed by atoms with Gasteiger partial charge in [-0.1, -0.05) is 37.3 Å². The minimum absolute atomic E-state index is 0.342. The largest absolute Gasteiger partial charge is 0.387 e. The Bertz CT molecular complexity index is 455. The zero-order valence-electron chi connectivity index (χ0n) is 11.8. The number of fused-ring (bicyclic) bond motifs is 1. The average Bonchev–Trinajstić information content (AvgIpc) is 2.53. The lowest BCUT2D eigenvalue weighted by Gasteiger charge is -2.46. The maximum Gasteiger partial charge on any atom is 0.184 e. The van der Waals surface area contributed by atoms with Gasteiger partial charge in [0, 0.05) is 5.56 Å². The number of aliphatic hydroxyl groups is 2. The molecule has 0 saturated carbocycles. The molecule has 5 nitrogen and oxygen atoms in total. The maximum atomic E-state index is 10.3. The first-order valence-corrected chi connectivity index (χ1v) is 8.20. The van der Waals surface area contributed by atoms with Gasteiger partial charge in [0.2, 0.25) is 0 Å². The predicted octanol–water partition coefficient (Wildman–Crippen LogP) is 1.30. The van der Waals surface area contributed by atoms with E-state index in [-0.39, 0.29) is 6.10 Å². The van der Waals surface area contributed by atoms with E-state index in [4.69, 9.17) is 14.2 Å². The molecule has 2 saturated heterocycles. The highest BCUT2D eigenvalue weighted by Gasteiger charge is 2.48. The fourth-order valence-corrected chi connectivity index (χ4v) is 3.57. The van der Waals surface area contributed by atoms with Gasteiger partial charge in [-0.05, 0) is 5.75 Å². The molecule has 0 radical (unpaired) electrons. The molecule has 2 aliphatic heterocycles. The summed E-state index contributed by atoms with van der Waals surface area (Å²) in [4.78, 5) is 0. The standard InChI is InChI=1S/C15H20O5S/c1-2-21-15-12(17)11(16)13-10(19-15)8-18-14(20-13)9-6-4-3-5-7-9/h3-7,10-17H,2,8H2,1H3/t10-,11-,12-,13-,14+,15+/m1/s1. The second kappa shape index (κ2) is 6.64. The fraction of sp³-hybridized carbons (Fsp3) is 0.600. The van der Waals surface area contributed by atoms with Crippen LogP contribution >= 0.6 is 11.8 Å². The minimum atomic E-state index is -0.970. The van der Waals surface area contributed by atoms with E-state index < -0.39 is 30.0 Å². The van der Waals surface area contributed by atoms with Crippen molar-refractivity contribution in [3.63, 3.8) is 0 Å². The number of benzene rings is 1. The number of hydrogen-bond acceptors (Lipinski definition) is 6. The molecule has 2 N–H and O–H groups in total. The topological polar surface area (TPSA) is 68.2 Å². The van der Waals surface area contributed by atoms with E-state index in [1.165, 1.54) is 11.8 Å². The van der Waals surface area contributed by atoms with E-state index in [1.54, 1.807) is 0 Å². The van der Waals surface area contributed by atoms with Crippen LogP contribution in [0.2, 0.25) is 0 Å². The van der Waals surface area contributed by atoms with Gasteiger partial charge in [-0.15, -0.1) is 11.8 Å². The van der Waals surface area contributed by atoms with Gasteiger partial charge < -0.3 is 24.4 Å². The van der Waals surface area contributed by atoms with Crippen molar-refractivity contribution in [3.8, 4) is 0 Å². The molecule has 1 aromatic carbocycles. The zero-order chi connectivity index (χ0) is 14.8. The summed E-state index contributed by atoms with van der Waals surface area (Å²) in [6.45, 7) is 2.33. The second-order valence-electron chi connectivity index (χ2n) is 5.16. The van der Waals surface area contributed by atoms with Gasteiger partial charge in [-0.25, -0.2) is 0 Å². The van der Waals surface area contributed by atoms with Crippen molar-refractivity contribution in [3.05, 3.63) is 35.9 Å². The second-order valence-corrected chi connectivity index (χ2v) is 6.53. The van der Waals surface area contributed by atoms with E-state index in [2.05, 4.69) is 0 Å². The van der Waals surface area contributed by atoms with Crippen LogP contribution in [0.25, 0.3) is 0 Å². The predicted molar refractivity (Wildman–Crippen MR) is 78.8 cm³/mol. The lowest BCUT2D eigenvalue weighted by molar-refractivity contribution is -0.318. The van der Waals surface area contributed by atoms with Crippen LogP contribution < -0.4 is 0 Å². The highest BCUT2D eigenvalue weighted by atomic mass is 32.2. The van der Waals surface area contributed by atoms with E-state index in [9.17, 15) is 10.2 Å². The third kappa shape index (κ3) is 3.11. The Labute approximate surface area is 128 Å². The van der Waals surface area contributed by atoms with Crippen LogP contribution in [-0.4, -0.2) is 52.4 Å². The Morgan fingerprint density at radius 1 is 1.14 bits per heavy atom. The number of thioether (sulfide) groups is 1. The van der Waals surface area contributed by atoms with Crippen molar-refractivity contribution in [2.24, 2.45) is 0 Å². The Balaban J connectivity index is 1.71. The summed E-state index contributed by atoms with van der Waals surface area (Å²) in [6, 6.07) is 9.56. The number of rotatable bonds is 3. The van der Waals surface area contributed by atoms with Gasteiger partial charge in [0.05, 0.1) is 6.61 Å². The monoisotopic (exact) mass is 312 g/mol. The first-order valence-electron chi connectivity index (χ1n) is 7.16. The summed E-state index contributed by atoms with van der Waals surface area (Å²) in [5.41, 5.74) is 0.453. The number of ether oxygens (including phenoxy) is 3. The van der Waals surface area contributed by atoms with Crippen LogP contribution in [0.15, 0.2) is 30.3 Å². The first-order chi connectivity index (χ1) is 10.2. The molecule has 0 aliphatic carbocycles. The highest BCUT2D eigenvalue weighted by molar-refractivity contribution is 7.99. The Morgan fingerprint density at radius 2 is 1.90 bits per heavy atom. The van der Waals surface area contributed by atoms with Crippen LogP contribution in [0, 0.1) is 0 Å². The minimum Gasteiger partial charge on any atom is -0.387 e. The maximum absolute atomic E-state index is 10.3. The Hall–Kier alpha value is -0.630. The quantitative estimate of drug-likeness (QED) is 0.877. The van der Waals surface area contributed by atoms with E-state index in [0.717, 1.165) is 11.3 Å². The Morgan fingerprint density at radius 3 is 2.62 bits per heavy atom. The summed E-state index contributed by atoms with van der Waals surface area (Å²) in [5, 5.41) is 20.5. The van der Waals surface area contributed by atoms with Crippen LogP contribution in [0.5, 0.6) is 0 Å². The molecular weight excluding hydrogens is 292 g/mol. The van der Waals surface area contributed by atoms with E-state index in [0.29, 0.717) is 6.61 Å². The van der Waals surface area contributed by atoms with Gasteiger partial charge in [0.25, 0.3) is 0 Å². The van der Waals surface area contributed by atoms with E-state index in [1.807, 2.05) is 37.3 Å². The summed E-state index contributed by atoms with van der Waals surface area (Å²) in [7, 11) is 0. The highest BCUT2D eigenvalue weighted by Crippen LogP contribution is 2.36. The van der Waals surface area contributed by atoms with Crippen molar-refractivity contribution < 1.29 is 24.4 Å². The molecule has 6 atom stereocenters. The Kier molecular flexibility index (Phi) is 4.83. The molecule has 2 fully saturated rings. The van der Waals surface area contributed by atoms with E-state index >= 15 is 0 Å². The lowest BCUT2D eigenvalue weighted by atomic mass is 9.99. The third-order valence-corrected chi connectivity index (χ3v) is 4.79. The fourth-order valence-electron chi connectivity index (χ4n) is 2.66. The molecule has 21 heavy (non-hydrogen) atoms. The average molecular weight is 312 g/mol. The molecule has 0 aromatic heterocycles. The SMILES string of the molecule is CCS[C@@H]1O[C@@H]2CO[C@H](c3ccccc3)O[C@H]2[C@H](O)[C@H]1O. The molecule has 2 heterocycles. The molecule has 0 amide bonds. The van der Waals surface area contributed by atoms with Gasteiger partial charge in [0.15, 0.2) is 6.29 Å². The van der Waals surface area contributed by atoms with Gasteiger partial charge >= 0.3 is 0 Å². The molecule has 0 bridgehead atoms. The zero-order valence-corrected chi connectivity index (χ0v) is 12.6. The van der Waals surface area contributed by atoms with Crippen molar-refractivity contribution >= 4 is 11.8 Å².